The molecule has 7 heteroatoms. The maximum absolute atomic E-state index is 13.6. The minimum atomic E-state index is -0.369. The molecule has 0 saturated heterocycles. The number of carbonyl (C=O) groups excluding carboxylic acids is 1. The number of rotatable bonds is 5. The van der Waals surface area contributed by atoms with E-state index in [-0.39, 0.29) is 17.4 Å². The molecule has 0 spiro atoms. The summed E-state index contributed by atoms with van der Waals surface area (Å²) in [5.41, 5.74) is 3.83. The van der Waals surface area contributed by atoms with Crippen molar-refractivity contribution in [2.75, 3.05) is 21.0 Å². The molecule has 0 radical (unpaired) electrons. The number of allylic oxidation sites excluding steroid dienone is 1. The smallest absolute Gasteiger partial charge is 0.231 e. The van der Waals surface area contributed by atoms with E-state index in [0.717, 1.165) is 22.4 Å². The van der Waals surface area contributed by atoms with E-state index >= 15 is 0 Å². The average molecular weight is 461 g/mol. The van der Waals surface area contributed by atoms with Crippen molar-refractivity contribution in [1.29, 1.82) is 0 Å². The van der Waals surface area contributed by atoms with Crippen LogP contribution in [0.1, 0.15) is 32.6 Å². The van der Waals surface area contributed by atoms with Gasteiger partial charge in [-0.3, -0.25) is 9.69 Å². The van der Waals surface area contributed by atoms with Crippen LogP contribution >= 0.6 is 0 Å². The molecule has 0 bridgehead atoms. The summed E-state index contributed by atoms with van der Waals surface area (Å²) >= 11 is 0. The topological polar surface area (TPSA) is 57.2 Å². The highest BCUT2D eigenvalue weighted by Crippen LogP contribution is 2.43. The Morgan fingerprint density at radius 3 is 2.65 bits per heavy atom. The van der Waals surface area contributed by atoms with E-state index in [1.807, 2.05) is 31.2 Å². The Labute approximate surface area is 197 Å². The van der Waals surface area contributed by atoms with Gasteiger partial charge in [0.15, 0.2) is 17.3 Å². The zero-order chi connectivity index (χ0) is 23.8. The van der Waals surface area contributed by atoms with Gasteiger partial charge in [0, 0.05) is 24.2 Å². The zero-order valence-electron chi connectivity index (χ0n) is 19.2. The fraction of sp³-hybridized carbons (Fsp3) is 0.222. The van der Waals surface area contributed by atoms with Crippen LogP contribution in [0.15, 0.2) is 54.3 Å². The van der Waals surface area contributed by atoms with Gasteiger partial charge < -0.3 is 18.9 Å². The molecular weight excluding hydrogens is 437 g/mol. The standard InChI is InChI=1S/C27H24FNO5/c1-16-26-19(14-29(15-33-26)13-18-7-8-22(31-2)23(11-18)32-3)12-21-25(30)24(34-27(16)21)10-17-5-4-6-20(28)9-17/h4-12H,13-15H2,1-3H3/b24-10-. The van der Waals surface area contributed by atoms with Gasteiger partial charge in [-0.15, -0.1) is 0 Å². The third kappa shape index (κ3) is 3.99. The van der Waals surface area contributed by atoms with Gasteiger partial charge in [-0.05, 0) is 54.5 Å². The Hall–Kier alpha value is -3.84. The average Bonchev–Trinajstić information content (AvgIpc) is 3.14. The van der Waals surface area contributed by atoms with Gasteiger partial charge in [-0.1, -0.05) is 18.2 Å². The van der Waals surface area contributed by atoms with Crippen molar-refractivity contribution in [3.05, 3.63) is 87.9 Å². The van der Waals surface area contributed by atoms with Crippen LogP contribution in [0.2, 0.25) is 0 Å². The number of halogens is 1. The highest BCUT2D eigenvalue weighted by atomic mass is 19.1. The lowest BCUT2D eigenvalue weighted by atomic mass is 10.00. The second-order valence-corrected chi connectivity index (χ2v) is 8.31. The number of benzene rings is 3. The van der Waals surface area contributed by atoms with Crippen LogP contribution in [-0.2, 0) is 13.1 Å². The molecule has 0 atom stereocenters. The first-order chi connectivity index (χ1) is 16.5. The zero-order valence-corrected chi connectivity index (χ0v) is 19.2. The summed E-state index contributed by atoms with van der Waals surface area (Å²) in [6.07, 6.45) is 1.56. The molecule has 2 aliphatic heterocycles. The lowest BCUT2D eigenvalue weighted by molar-refractivity contribution is 0.0876. The van der Waals surface area contributed by atoms with Crippen LogP contribution in [0.25, 0.3) is 6.08 Å². The SMILES string of the molecule is COc1ccc(CN2COc3c(cc4c(c3C)O/C(=C\c3cccc(F)c3)C4=O)C2)cc1OC. The molecule has 2 heterocycles. The molecule has 3 aromatic carbocycles. The summed E-state index contributed by atoms with van der Waals surface area (Å²) < 4.78 is 36.3. The number of Topliss-reactive ketones (excluding diaryl/α,β-unsaturated/α-hetero) is 1. The summed E-state index contributed by atoms with van der Waals surface area (Å²) in [5.74, 6) is 2.18. The Balaban J connectivity index is 1.39. The minimum Gasteiger partial charge on any atom is -0.493 e. The number of ketones is 1. The first-order valence-electron chi connectivity index (χ1n) is 10.9. The van der Waals surface area contributed by atoms with E-state index in [4.69, 9.17) is 18.9 Å². The number of fused-ring (bicyclic) bond motifs is 2. The van der Waals surface area contributed by atoms with Gasteiger partial charge in [0.25, 0.3) is 0 Å². The summed E-state index contributed by atoms with van der Waals surface area (Å²) in [5, 5.41) is 0. The van der Waals surface area contributed by atoms with Gasteiger partial charge in [-0.25, -0.2) is 4.39 Å². The van der Waals surface area contributed by atoms with Crippen molar-refractivity contribution in [2.24, 2.45) is 0 Å². The first-order valence-corrected chi connectivity index (χ1v) is 10.9. The molecule has 0 fully saturated rings. The lowest BCUT2D eigenvalue weighted by Gasteiger charge is -2.30. The maximum atomic E-state index is 13.6. The molecule has 174 valence electrons. The van der Waals surface area contributed by atoms with Crippen LogP contribution in [0.3, 0.4) is 0 Å². The van der Waals surface area contributed by atoms with Crippen molar-refractivity contribution >= 4 is 11.9 Å². The van der Waals surface area contributed by atoms with E-state index in [0.29, 0.717) is 48.2 Å². The minimum absolute atomic E-state index is 0.174. The van der Waals surface area contributed by atoms with Gasteiger partial charge in [0.1, 0.15) is 24.0 Å². The largest absolute Gasteiger partial charge is 0.493 e. The first kappa shape index (κ1) is 22.0. The Morgan fingerprint density at radius 2 is 1.88 bits per heavy atom. The van der Waals surface area contributed by atoms with Gasteiger partial charge in [0.2, 0.25) is 5.78 Å². The molecule has 34 heavy (non-hydrogen) atoms. The van der Waals surface area contributed by atoms with Crippen molar-refractivity contribution < 1.29 is 28.1 Å². The van der Waals surface area contributed by atoms with E-state index in [1.165, 1.54) is 12.1 Å². The molecule has 5 rings (SSSR count). The van der Waals surface area contributed by atoms with E-state index in [9.17, 15) is 9.18 Å². The summed E-state index contributed by atoms with van der Waals surface area (Å²) in [6, 6.07) is 13.7. The number of methoxy groups -OCH3 is 2. The van der Waals surface area contributed by atoms with E-state index in [2.05, 4.69) is 4.90 Å². The number of nitrogens with zero attached hydrogens (tertiary/aromatic N) is 1. The van der Waals surface area contributed by atoms with Gasteiger partial charge in [-0.2, -0.15) is 0 Å². The predicted molar refractivity (Wildman–Crippen MR) is 125 cm³/mol. The molecule has 3 aromatic rings. The monoisotopic (exact) mass is 461 g/mol. The van der Waals surface area contributed by atoms with Crippen molar-refractivity contribution in [3.8, 4) is 23.0 Å². The van der Waals surface area contributed by atoms with Crippen LogP contribution < -0.4 is 18.9 Å². The normalized spacial score (nSPS) is 16.0. The van der Waals surface area contributed by atoms with Gasteiger partial charge in [0.05, 0.1) is 19.8 Å². The fourth-order valence-corrected chi connectivity index (χ4v) is 4.38. The Bertz CT molecular complexity index is 1320. The van der Waals surface area contributed by atoms with E-state index < -0.39 is 0 Å². The second-order valence-electron chi connectivity index (χ2n) is 8.31. The fourth-order valence-electron chi connectivity index (χ4n) is 4.38. The Kier molecular flexibility index (Phi) is 5.71. The summed E-state index contributed by atoms with van der Waals surface area (Å²) in [7, 11) is 3.22. The van der Waals surface area contributed by atoms with Crippen molar-refractivity contribution in [3.63, 3.8) is 0 Å². The summed E-state index contributed by atoms with van der Waals surface area (Å²) in [6.45, 7) is 3.56. The van der Waals surface area contributed by atoms with Crippen molar-refractivity contribution in [2.45, 2.75) is 20.0 Å². The van der Waals surface area contributed by atoms with Crippen LogP contribution in [0.4, 0.5) is 4.39 Å². The molecule has 0 aliphatic carbocycles. The maximum Gasteiger partial charge on any atom is 0.231 e. The molecule has 6 nitrogen and oxygen atoms in total. The molecule has 0 aromatic heterocycles. The molecule has 0 saturated carbocycles. The van der Waals surface area contributed by atoms with Crippen molar-refractivity contribution in [1.82, 2.24) is 4.90 Å². The van der Waals surface area contributed by atoms with Crippen LogP contribution in [-0.4, -0.2) is 31.6 Å². The molecule has 0 unspecified atom stereocenters. The number of hydrogen-bond acceptors (Lipinski definition) is 6. The van der Waals surface area contributed by atoms with Gasteiger partial charge >= 0.3 is 0 Å². The van der Waals surface area contributed by atoms with Crippen LogP contribution in [0, 0.1) is 12.7 Å². The summed E-state index contributed by atoms with van der Waals surface area (Å²) in [4.78, 5) is 15.2. The number of ether oxygens (including phenoxy) is 4. The Morgan fingerprint density at radius 1 is 1.06 bits per heavy atom. The van der Waals surface area contributed by atoms with Crippen LogP contribution in [0.5, 0.6) is 23.0 Å². The predicted octanol–water partition coefficient (Wildman–Crippen LogP) is 5.12. The third-order valence-electron chi connectivity index (χ3n) is 6.00. The lowest BCUT2D eigenvalue weighted by Crippen LogP contribution is -2.32. The highest BCUT2D eigenvalue weighted by molar-refractivity contribution is 6.15. The molecule has 0 N–H and O–H groups in total. The quantitative estimate of drug-likeness (QED) is 0.492. The molecular formula is C27H24FNO5. The highest BCUT2D eigenvalue weighted by Gasteiger charge is 2.33. The molecule has 0 amide bonds. The second kappa shape index (κ2) is 8.83. The number of carbonyl (C=O) groups is 1. The van der Waals surface area contributed by atoms with E-state index in [1.54, 1.807) is 32.4 Å². The third-order valence-corrected chi connectivity index (χ3v) is 6.00. The molecule has 2 aliphatic rings. The number of hydrogen-bond donors (Lipinski definition) is 0.